The minimum Gasteiger partial charge on any atom is -0.380 e. The molecule has 0 aliphatic heterocycles. The molecule has 0 saturated heterocycles. The standard InChI is InChI=1S/C8H10FN5/c1-4-3-14(2)13-6(4)7-5(9)8(10)12-11-7/h3H,1-2H3,(H3,10,11,12). The largest absolute Gasteiger partial charge is 0.380 e. The van der Waals surface area contributed by atoms with Gasteiger partial charge < -0.3 is 5.73 Å². The number of nitrogens with two attached hydrogens (primary N) is 1. The lowest BCUT2D eigenvalue weighted by atomic mass is 10.2. The molecule has 2 rings (SSSR count). The maximum atomic E-state index is 13.4. The monoisotopic (exact) mass is 195 g/mol. The molecule has 0 saturated carbocycles. The molecule has 0 fully saturated rings. The summed E-state index contributed by atoms with van der Waals surface area (Å²) in [7, 11) is 1.77. The summed E-state index contributed by atoms with van der Waals surface area (Å²) in [6, 6.07) is 0. The molecule has 14 heavy (non-hydrogen) atoms. The van der Waals surface area contributed by atoms with Crippen molar-refractivity contribution >= 4 is 5.82 Å². The van der Waals surface area contributed by atoms with Gasteiger partial charge in [0.05, 0.1) is 0 Å². The van der Waals surface area contributed by atoms with Crippen LogP contribution >= 0.6 is 0 Å². The van der Waals surface area contributed by atoms with Crippen LogP contribution in [0.3, 0.4) is 0 Å². The number of hydrogen-bond acceptors (Lipinski definition) is 3. The number of hydrogen-bond donors (Lipinski definition) is 2. The number of halogens is 1. The van der Waals surface area contributed by atoms with Crippen LogP contribution in [-0.2, 0) is 7.05 Å². The zero-order valence-corrected chi connectivity index (χ0v) is 7.87. The van der Waals surface area contributed by atoms with Crippen molar-refractivity contribution in [1.82, 2.24) is 20.0 Å². The van der Waals surface area contributed by atoms with Crippen LogP contribution < -0.4 is 5.73 Å². The zero-order chi connectivity index (χ0) is 10.3. The lowest BCUT2D eigenvalue weighted by Gasteiger charge is -1.92. The average molecular weight is 195 g/mol. The van der Waals surface area contributed by atoms with Crippen molar-refractivity contribution in [3.63, 3.8) is 0 Å². The number of nitrogens with zero attached hydrogens (tertiary/aromatic N) is 3. The first kappa shape index (κ1) is 8.74. The highest BCUT2D eigenvalue weighted by Crippen LogP contribution is 2.24. The van der Waals surface area contributed by atoms with Crippen molar-refractivity contribution in [3.05, 3.63) is 17.6 Å². The number of nitrogens with one attached hydrogen (secondary N) is 1. The van der Waals surface area contributed by atoms with Crippen molar-refractivity contribution in [3.8, 4) is 11.4 Å². The molecule has 2 aromatic rings. The van der Waals surface area contributed by atoms with Gasteiger partial charge in [-0.05, 0) is 12.5 Å². The molecule has 0 aliphatic carbocycles. The molecule has 2 heterocycles. The molecular formula is C8H10FN5. The first-order valence-electron chi connectivity index (χ1n) is 4.09. The molecule has 0 bridgehead atoms. The Balaban J connectivity index is 2.59. The van der Waals surface area contributed by atoms with Gasteiger partial charge in [-0.3, -0.25) is 9.78 Å². The van der Waals surface area contributed by atoms with Gasteiger partial charge in [-0.25, -0.2) is 4.39 Å². The number of aryl methyl sites for hydroxylation is 2. The summed E-state index contributed by atoms with van der Waals surface area (Å²) >= 11 is 0. The van der Waals surface area contributed by atoms with Crippen LogP contribution in [0.25, 0.3) is 11.4 Å². The SMILES string of the molecule is Cc1cn(C)nc1-c1[nH]nc(N)c1F. The highest BCUT2D eigenvalue weighted by atomic mass is 19.1. The predicted molar refractivity (Wildman–Crippen MR) is 49.9 cm³/mol. The average Bonchev–Trinajstić information content (AvgIpc) is 2.59. The first-order valence-corrected chi connectivity index (χ1v) is 4.09. The van der Waals surface area contributed by atoms with E-state index in [1.54, 1.807) is 17.9 Å². The van der Waals surface area contributed by atoms with Crippen LogP contribution in [0.5, 0.6) is 0 Å². The predicted octanol–water partition coefficient (Wildman–Crippen LogP) is 0.840. The number of nitrogen functional groups attached to an aromatic ring is 1. The quantitative estimate of drug-likeness (QED) is 0.708. The lowest BCUT2D eigenvalue weighted by Crippen LogP contribution is -1.90. The molecule has 0 unspecified atom stereocenters. The summed E-state index contributed by atoms with van der Waals surface area (Å²) in [6.45, 7) is 1.85. The fourth-order valence-electron chi connectivity index (χ4n) is 1.35. The molecule has 0 aliphatic rings. The smallest absolute Gasteiger partial charge is 0.194 e. The van der Waals surface area contributed by atoms with Crippen molar-refractivity contribution in [2.24, 2.45) is 7.05 Å². The van der Waals surface area contributed by atoms with Crippen LogP contribution in [0.15, 0.2) is 6.20 Å². The Morgan fingerprint density at radius 3 is 2.71 bits per heavy atom. The third-order valence-electron chi connectivity index (χ3n) is 1.98. The van der Waals surface area contributed by atoms with E-state index in [1.807, 2.05) is 6.92 Å². The fraction of sp³-hybridized carbons (Fsp3) is 0.250. The van der Waals surface area contributed by atoms with Crippen LogP contribution in [-0.4, -0.2) is 20.0 Å². The first-order chi connectivity index (χ1) is 6.59. The Hall–Kier alpha value is -1.85. The molecule has 5 nitrogen and oxygen atoms in total. The van der Waals surface area contributed by atoms with Crippen LogP contribution in [0.1, 0.15) is 5.56 Å². The molecule has 2 aromatic heterocycles. The molecule has 0 atom stereocenters. The minimum atomic E-state index is -0.549. The summed E-state index contributed by atoms with van der Waals surface area (Å²) in [5, 5.41) is 10.2. The Bertz CT molecular complexity index is 470. The van der Waals surface area contributed by atoms with E-state index in [9.17, 15) is 4.39 Å². The maximum absolute atomic E-state index is 13.4. The minimum absolute atomic E-state index is 0.134. The molecule has 74 valence electrons. The third kappa shape index (κ3) is 1.15. The van der Waals surface area contributed by atoms with E-state index in [2.05, 4.69) is 15.3 Å². The van der Waals surface area contributed by atoms with E-state index in [0.717, 1.165) is 5.56 Å². The van der Waals surface area contributed by atoms with E-state index in [4.69, 9.17) is 5.73 Å². The third-order valence-corrected chi connectivity index (χ3v) is 1.98. The number of rotatable bonds is 1. The Labute approximate surface area is 79.7 Å². The van der Waals surface area contributed by atoms with Gasteiger partial charge in [-0.15, -0.1) is 0 Å². The lowest BCUT2D eigenvalue weighted by molar-refractivity contribution is 0.635. The molecule has 0 spiro atoms. The van der Waals surface area contributed by atoms with Gasteiger partial charge in [0.15, 0.2) is 11.6 Å². The van der Waals surface area contributed by atoms with E-state index in [0.29, 0.717) is 5.69 Å². The second-order valence-electron chi connectivity index (χ2n) is 3.13. The maximum Gasteiger partial charge on any atom is 0.194 e. The summed E-state index contributed by atoms with van der Waals surface area (Å²) in [5.41, 5.74) is 6.93. The molecule has 0 aromatic carbocycles. The van der Waals surface area contributed by atoms with Crippen molar-refractivity contribution < 1.29 is 4.39 Å². The van der Waals surface area contributed by atoms with Crippen molar-refractivity contribution in [2.75, 3.05) is 5.73 Å². The molecule has 6 heteroatoms. The second kappa shape index (κ2) is 2.83. The van der Waals surface area contributed by atoms with Crippen molar-refractivity contribution in [2.45, 2.75) is 6.92 Å². The molecular weight excluding hydrogens is 185 g/mol. The Morgan fingerprint density at radius 2 is 2.29 bits per heavy atom. The molecule has 0 amide bonds. The van der Waals surface area contributed by atoms with Gasteiger partial charge in [0, 0.05) is 13.2 Å². The van der Waals surface area contributed by atoms with E-state index in [1.165, 1.54) is 0 Å². The van der Waals surface area contributed by atoms with E-state index in [-0.39, 0.29) is 11.5 Å². The topological polar surface area (TPSA) is 72.5 Å². The van der Waals surface area contributed by atoms with Crippen molar-refractivity contribution in [1.29, 1.82) is 0 Å². The van der Waals surface area contributed by atoms with Crippen LogP contribution in [0.2, 0.25) is 0 Å². The summed E-state index contributed by atoms with van der Waals surface area (Å²) < 4.78 is 15.0. The zero-order valence-electron chi connectivity index (χ0n) is 7.87. The number of aromatic nitrogens is 4. The highest BCUT2D eigenvalue weighted by molar-refractivity contribution is 5.62. The summed E-state index contributed by atoms with van der Waals surface area (Å²) in [5.74, 6) is -0.683. The summed E-state index contributed by atoms with van der Waals surface area (Å²) in [4.78, 5) is 0. The van der Waals surface area contributed by atoms with Gasteiger partial charge in [-0.2, -0.15) is 10.2 Å². The van der Waals surface area contributed by atoms with E-state index >= 15 is 0 Å². The molecule has 0 radical (unpaired) electrons. The second-order valence-corrected chi connectivity index (χ2v) is 3.13. The van der Waals surface area contributed by atoms with Crippen LogP contribution in [0.4, 0.5) is 10.2 Å². The number of aromatic amines is 1. The van der Waals surface area contributed by atoms with Gasteiger partial charge >= 0.3 is 0 Å². The highest BCUT2D eigenvalue weighted by Gasteiger charge is 2.16. The fourth-order valence-corrected chi connectivity index (χ4v) is 1.35. The Morgan fingerprint density at radius 1 is 1.57 bits per heavy atom. The number of anilines is 1. The van der Waals surface area contributed by atoms with Gasteiger partial charge in [-0.1, -0.05) is 0 Å². The Kier molecular flexibility index (Phi) is 1.77. The van der Waals surface area contributed by atoms with Gasteiger partial charge in [0.25, 0.3) is 0 Å². The summed E-state index contributed by atoms with van der Waals surface area (Å²) in [6.07, 6.45) is 1.80. The molecule has 3 N–H and O–H groups in total. The van der Waals surface area contributed by atoms with Crippen LogP contribution in [0, 0.1) is 12.7 Å². The number of H-pyrrole nitrogens is 1. The van der Waals surface area contributed by atoms with Gasteiger partial charge in [0.2, 0.25) is 0 Å². The normalized spacial score (nSPS) is 10.8. The van der Waals surface area contributed by atoms with Gasteiger partial charge in [0.1, 0.15) is 11.4 Å². The van der Waals surface area contributed by atoms with E-state index < -0.39 is 5.82 Å².